The predicted molar refractivity (Wildman–Crippen MR) is 69.8 cm³/mol. The summed E-state index contributed by atoms with van der Waals surface area (Å²) in [5, 5.41) is 0. The van der Waals surface area contributed by atoms with E-state index in [4.69, 9.17) is 5.73 Å². The van der Waals surface area contributed by atoms with E-state index in [1.54, 1.807) is 6.07 Å². The first-order valence-corrected chi connectivity index (χ1v) is 6.52. The summed E-state index contributed by atoms with van der Waals surface area (Å²) in [7, 11) is 0. The highest BCUT2D eigenvalue weighted by molar-refractivity contribution is 5.95. The first-order valence-electron chi connectivity index (χ1n) is 6.52. The van der Waals surface area contributed by atoms with Crippen LogP contribution >= 0.6 is 0 Å². The number of benzene rings is 1. The fourth-order valence-electron chi connectivity index (χ4n) is 2.37. The van der Waals surface area contributed by atoms with Gasteiger partial charge < -0.3 is 10.6 Å². The highest BCUT2D eigenvalue weighted by Crippen LogP contribution is 2.16. The molecule has 1 aliphatic heterocycles. The standard InChI is InChI=1S/C14H19FN2O/c15-12-8-11(9-13(16)10-12)14(18)17-6-4-2-1-3-5-7-17/h8-10H,1-7,16H2. The Hall–Kier alpha value is -1.58. The predicted octanol–water partition coefficient (Wildman–Crippen LogP) is 2.81. The molecule has 0 radical (unpaired) electrons. The largest absolute Gasteiger partial charge is 0.399 e. The Morgan fingerprint density at radius 3 is 2.28 bits per heavy atom. The number of halogens is 1. The van der Waals surface area contributed by atoms with Crippen LogP contribution in [0.25, 0.3) is 0 Å². The van der Waals surface area contributed by atoms with Crippen molar-refractivity contribution >= 4 is 11.6 Å². The van der Waals surface area contributed by atoms with Gasteiger partial charge in [-0.15, -0.1) is 0 Å². The van der Waals surface area contributed by atoms with Gasteiger partial charge in [-0.2, -0.15) is 0 Å². The van der Waals surface area contributed by atoms with E-state index in [0.29, 0.717) is 11.3 Å². The number of hydrogen-bond acceptors (Lipinski definition) is 2. The maximum Gasteiger partial charge on any atom is 0.254 e. The first-order chi connectivity index (χ1) is 8.66. The van der Waals surface area contributed by atoms with Crippen LogP contribution in [-0.2, 0) is 0 Å². The van der Waals surface area contributed by atoms with Crippen LogP contribution in [0.2, 0.25) is 0 Å². The van der Waals surface area contributed by atoms with E-state index in [2.05, 4.69) is 0 Å². The molecule has 18 heavy (non-hydrogen) atoms. The van der Waals surface area contributed by atoms with Crippen LogP contribution in [0, 0.1) is 5.82 Å². The van der Waals surface area contributed by atoms with Crippen LogP contribution in [0.15, 0.2) is 18.2 Å². The summed E-state index contributed by atoms with van der Waals surface area (Å²) in [6, 6.07) is 4.03. The van der Waals surface area contributed by atoms with Gasteiger partial charge in [0.05, 0.1) is 0 Å². The molecule has 4 heteroatoms. The zero-order chi connectivity index (χ0) is 13.0. The lowest BCUT2D eigenvalue weighted by Gasteiger charge is -2.25. The van der Waals surface area contributed by atoms with E-state index in [0.717, 1.165) is 38.8 Å². The Labute approximate surface area is 107 Å². The average Bonchev–Trinajstić information content (AvgIpc) is 2.26. The molecule has 2 rings (SSSR count). The number of carbonyl (C=O) groups is 1. The molecule has 0 saturated carbocycles. The molecule has 1 aliphatic rings. The summed E-state index contributed by atoms with van der Waals surface area (Å²) in [6.07, 6.45) is 5.62. The lowest BCUT2D eigenvalue weighted by atomic mass is 10.1. The lowest BCUT2D eigenvalue weighted by Crippen LogP contribution is -2.33. The second-order valence-electron chi connectivity index (χ2n) is 4.83. The molecule has 0 spiro atoms. The molecule has 0 aromatic heterocycles. The Kier molecular flexibility index (Phi) is 4.18. The van der Waals surface area contributed by atoms with Gasteiger partial charge in [-0.1, -0.05) is 19.3 Å². The van der Waals surface area contributed by atoms with Crippen molar-refractivity contribution in [3.05, 3.63) is 29.6 Å². The second kappa shape index (κ2) is 5.85. The van der Waals surface area contributed by atoms with Gasteiger partial charge in [-0.3, -0.25) is 4.79 Å². The molecular weight excluding hydrogens is 231 g/mol. The fraction of sp³-hybridized carbons (Fsp3) is 0.500. The van der Waals surface area contributed by atoms with E-state index in [1.165, 1.54) is 18.6 Å². The van der Waals surface area contributed by atoms with Gasteiger partial charge >= 0.3 is 0 Å². The van der Waals surface area contributed by atoms with Crippen molar-refractivity contribution in [2.75, 3.05) is 18.8 Å². The maximum absolute atomic E-state index is 13.3. The summed E-state index contributed by atoms with van der Waals surface area (Å²) >= 11 is 0. The Morgan fingerprint density at radius 2 is 1.67 bits per heavy atom. The van der Waals surface area contributed by atoms with E-state index in [9.17, 15) is 9.18 Å². The molecule has 1 aromatic carbocycles. The summed E-state index contributed by atoms with van der Waals surface area (Å²) < 4.78 is 13.3. The van der Waals surface area contributed by atoms with Crippen molar-refractivity contribution < 1.29 is 9.18 Å². The molecule has 1 heterocycles. The number of likely N-dealkylation sites (tertiary alicyclic amines) is 1. The topological polar surface area (TPSA) is 46.3 Å². The van der Waals surface area contributed by atoms with Crippen molar-refractivity contribution in [2.24, 2.45) is 0 Å². The van der Waals surface area contributed by atoms with Gasteiger partial charge in [0, 0.05) is 24.3 Å². The molecule has 3 nitrogen and oxygen atoms in total. The third kappa shape index (κ3) is 3.22. The van der Waals surface area contributed by atoms with Gasteiger partial charge in [0.15, 0.2) is 0 Å². The highest BCUT2D eigenvalue weighted by Gasteiger charge is 2.17. The quantitative estimate of drug-likeness (QED) is 0.779. The monoisotopic (exact) mass is 250 g/mol. The molecule has 1 saturated heterocycles. The minimum atomic E-state index is -0.453. The van der Waals surface area contributed by atoms with Crippen molar-refractivity contribution in [1.29, 1.82) is 0 Å². The van der Waals surface area contributed by atoms with Gasteiger partial charge in [-0.05, 0) is 31.0 Å². The van der Waals surface area contributed by atoms with Gasteiger partial charge in [0.2, 0.25) is 0 Å². The zero-order valence-corrected chi connectivity index (χ0v) is 10.5. The normalized spacial score (nSPS) is 17.1. The molecular formula is C14H19FN2O. The maximum atomic E-state index is 13.3. The van der Waals surface area contributed by atoms with Crippen LogP contribution in [0.1, 0.15) is 42.5 Å². The highest BCUT2D eigenvalue weighted by atomic mass is 19.1. The Balaban J connectivity index is 2.13. The lowest BCUT2D eigenvalue weighted by molar-refractivity contribution is 0.0742. The second-order valence-corrected chi connectivity index (χ2v) is 4.83. The molecule has 0 unspecified atom stereocenters. The van der Waals surface area contributed by atoms with E-state index >= 15 is 0 Å². The molecule has 98 valence electrons. The fourth-order valence-corrected chi connectivity index (χ4v) is 2.37. The van der Waals surface area contributed by atoms with Gasteiger partial charge in [0.25, 0.3) is 5.91 Å². The van der Waals surface area contributed by atoms with Crippen LogP contribution in [0.5, 0.6) is 0 Å². The summed E-state index contributed by atoms with van der Waals surface area (Å²) in [5.74, 6) is -0.562. The number of rotatable bonds is 1. The minimum absolute atomic E-state index is 0.108. The number of anilines is 1. The molecule has 1 fully saturated rings. The Morgan fingerprint density at radius 1 is 1.06 bits per heavy atom. The van der Waals surface area contributed by atoms with Crippen molar-refractivity contribution in [3.63, 3.8) is 0 Å². The molecule has 1 aromatic rings. The van der Waals surface area contributed by atoms with E-state index < -0.39 is 5.82 Å². The number of nitrogen functional groups attached to an aromatic ring is 1. The number of carbonyl (C=O) groups excluding carboxylic acids is 1. The minimum Gasteiger partial charge on any atom is -0.399 e. The molecule has 1 amide bonds. The number of hydrogen-bond donors (Lipinski definition) is 1. The third-order valence-electron chi connectivity index (χ3n) is 3.31. The van der Waals surface area contributed by atoms with Crippen molar-refractivity contribution in [2.45, 2.75) is 32.1 Å². The van der Waals surface area contributed by atoms with Crippen molar-refractivity contribution in [1.82, 2.24) is 4.90 Å². The molecule has 2 N–H and O–H groups in total. The number of nitrogens with two attached hydrogens (primary N) is 1. The average molecular weight is 250 g/mol. The van der Waals surface area contributed by atoms with Crippen LogP contribution in [-0.4, -0.2) is 23.9 Å². The van der Waals surface area contributed by atoms with Crippen LogP contribution < -0.4 is 5.73 Å². The summed E-state index contributed by atoms with van der Waals surface area (Å²) in [6.45, 7) is 1.52. The van der Waals surface area contributed by atoms with Crippen LogP contribution in [0.4, 0.5) is 10.1 Å². The smallest absolute Gasteiger partial charge is 0.254 e. The zero-order valence-electron chi connectivity index (χ0n) is 10.5. The van der Waals surface area contributed by atoms with Gasteiger partial charge in [0.1, 0.15) is 5.82 Å². The van der Waals surface area contributed by atoms with Gasteiger partial charge in [-0.25, -0.2) is 4.39 Å². The molecule has 0 aliphatic carbocycles. The summed E-state index contributed by atoms with van der Waals surface area (Å²) in [4.78, 5) is 14.1. The first kappa shape index (κ1) is 12.9. The molecule has 0 atom stereocenters. The van der Waals surface area contributed by atoms with Crippen LogP contribution in [0.3, 0.4) is 0 Å². The SMILES string of the molecule is Nc1cc(F)cc(C(=O)N2CCCCCCC2)c1. The van der Waals surface area contributed by atoms with E-state index in [-0.39, 0.29) is 5.91 Å². The van der Waals surface area contributed by atoms with E-state index in [1.807, 2.05) is 4.90 Å². The van der Waals surface area contributed by atoms with Crippen molar-refractivity contribution in [3.8, 4) is 0 Å². The molecule has 0 bridgehead atoms. The number of amides is 1. The number of nitrogens with zero attached hydrogens (tertiary/aromatic N) is 1. The Bertz CT molecular complexity index is 406. The third-order valence-corrected chi connectivity index (χ3v) is 3.31. The summed E-state index contributed by atoms with van der Waals surface area (Å²) in [5.41, 5.74) is 6.22.